The summed E-state index contributed by atoms with van der Waals surface area (Å²) in [5.74, 6) is 1.92. The average Bonchev–Trinajstić information content (AvgIpc) is 3.05. The number of aryl methyl sites for hydroxylation is 1. The van der Waals surface area contributed by atoms with E-state index in [0.717, 1.165) is 38.6 Å². The molecule has 0 aliphatic rings. The molecule has 1 heterocycles. The van der Waals surface area contributed by atoms with Crippen LogP contribution in [-0.4, -0.2) is 42.3 Å². The molecule has 2 rings (SSSR count). The van der Waals surface area contributed by atoms with Gasteiger partial charge in [0.2, 0.25) is 5.89 Å². The molecule has 0 unspecified atom stereocenters. The molecule has 2 aromatic rings. The Balaban J connectivity index is 0.00000338. The van der Waals surface area contributed by atoms with E-state index in [-0.39, 0.29) is 24.0 Å². The Morgan fingerprint density at radius 1 is 1.19 bits per heavy atom. The van der Waals surface area contributed by atoms with Gasteiger partial charge in [-0.15, -0.1) is 24.0 Å². The van der Waals surface area contributed by atoms with E-state index < -0.39 is 0 Å². The summed E-state index contributed by atoms with van der Waals surface area (Å²) >= 11 is 0. The van der Waals surface area contributed by atoms with Crippen LogP contribution in [0, 0.1) is 6.92 Å². The maximum absolute atomic E-state index is 4.96. The molecule has 0 atom stereocenters. The predicted molar refractivity (Wildman–Crippen MR) is 116 cm³/mol. The third-order valence-electron chi connectivity index (χ3n) is 3.69. The van der Waals surface area contributed by atoms with E-state index in [1.807, 2.05) is 13.0 Å². The van der Waals surface area contributed by atoms with Gasteiger partial charge in [-0.2, -0.15) is 4.98 Å². The van der Waals surface area contributed by atoms with Crippen LogP contribution in [0.4, 0.5) is 5.69 Å². The number of nitrogens with one attached hydrogen (secondary N) is 2. The van der Waals surface area contributed by atoms with Crippen molar-refractivity contribution < 1.29 is 4.52 Å². The van der Waals surface area contributed by atoms with Crippen molar-refractivity contribution >= 4 is 35.6 Å². The van der Waals surface area contributed by atoms with Crippen LogP contribution in [0.3, 0.4) is 0 Å². The Labute approximate surface area is 172 Å². The van der Waals surface area contributed by atoms with Crippen molar-refractivity contribution in [2.75, 3.05) is 31.1 Å². The molecule has 7 nitrogen and oxygen atoms in total. The fraction of sp³-hybridized carbons (Fsp3) is 0.500. The molecule has 0 bridgehead atoms. The molecule has 1 aromatic carbocycles. The molecule has 0 spiro atoms. The van der Waals surface area contributed by atoms with Gasteiger partial charge in [0.25, 0.3) is 0 Å². The van der Waals surface area contributed by atoms with Crippen LogP contribution in [-0.2, 0) is 6.54 Å². The van der Waals surface area contributed by atoms with Gasteiger partial charge in [0.1, 0.15) is 6.54 Å². The van der Waals surface area contributed by atoms with Crippen LogP contribution in [0.25, 0.3) is 0 Å². The molecule has 2 N–H and O–H groups in total. The van der Waals surface area contributed by atoms with E-state index in [2.05, 4.69) is 61.9 Å². The topological polar surface area (TPSA) is 78.6 Å². The van der Waals surface area contributed by atoms with Gasteiger partial charge in [-0.1, -0.05) is 23.4 Å². The van der Waals surface area contributed by atoms with E-state index in [4.69, 9.17) is 4.52 Å². The maximum Gasteiger partial charge on any atom is 0.223 e. The molecule has 1 aromatic heterocycles. The van der Waals surface area contributed by atoms with Gasteiger partial charge in [-0.25, -0.2) is 4.99 Å². The highest BCUT2D eigenvalue weighted by atomic mass is 127. The molecule has 0 radical (unpaired) electrons. The zero-order chi connectivity index (χ0) is 17.9. The highest BCUT2D eigenvalue weighted by Crippen LogP contribution is 2.12. The van der Waals surface area contributed by atoms with E-state index >= 15 is 0 Å². The number of guanidine groups is 1. The number of benzene rings is 1. The van der Waals surface area contributed by atoms with Crippen LogP contribution in [0.15, 0.2) is 39.8 Å². The molecule has 26 heavy (non-hydrogen) atoms. The molecule has 0 fully saturated rings. The molecular weight excluding hydrogens is 443 g/mol. The van der Waals surface area contributed by atoms with Crippen molar-refractivity contribution in [1.82, 2.24) is 20.8 Å². The Morgan fingerprint density at radius 3 is 2.58 bits per heavy atom. The Morgan fingerprint density at radius 2 is 1.96 bits per heavy atom. The van der Waals surface area contributed by atoms with Gasteiger partial charge in [-0.3, -0.25) is 0 Å². The number of rotatable bonds is 9. The van der Waals surface area contributed by atoms with E-state index in [9.17, 15) is 0 Å². The van der Waals surface area contributed by atoms with Gasteiger partial charge >= 0.3 is 0 Å². The van der Waals surface area contributed by atoms with E-state index in [0.29, 0.717) is 18.3 Å². The monoisotopic (exact) mass is 472 g/mol. The molecule has 144 valence electrons. The average molecular weight is 472 g/mol. The zero-order valence-corrected chi connectivity index (χ0v) is 18.1. The molecule has 8 heteroatoms. The smallest absolute Gasteiger partial charge is 0.223 e. The summed E-state index contributed by atoms with van der Waals surface area (Å²) in [5, 5.41) is 10.4. The minimum Gasteiger partial charge on any atom is -0.372 e. The summed E-state index contributed by atoms with van der Waals surface area (Å²) in [6.07, 6.45) is 1.02. The Hall–Kier alpha value is -1.84. The largest absolute Gasteiger partial charge is 0.372 e. The highest BCUT2D eigenvalue weighted by Gasteiger charge is 2.05. The summed E-state index contributed by atoms with van der Waals surface area (Å²) in [6.45, 7) is 10.0. The number of hydrogen-bond acceptors (Lipinski definition) is 5. The standard InChI is InChI=1S/C18H28N6O.HI/c1-4-19-18(21-14-17-22-15(3)25-23-17)20-12-9-13-24(5-2)16-10-7-6-8-11-16;/h6-8,10-11H,4-5,9,12-14H2,1-3H3,(H2,19,20,21);1H. The van der Waals surface area contributed by atoms with Crippen LogP contribution in [0.5, 0.6) is 0 Å². The summed E-state index contributed by atoms with van der Waals surface area (Å²) in [6, 6.07) is 10.5. The van der Waals surface area contributed by atoms with Gasteiger partial charge in [0.05, 0.1) is 0 Å². The van der Waals surface area contributed by atoms with Crippen LogP contribution < -0.4 is 15.5 Å². The number of para-hydroxylation sites is 1. The van der Waals surface area contributed by atoms with Crippen LogP contribution in [0.1, 0.15) is 32.0 Å². The van der Waals surface area contributed by atoms with Gasteiger partial charge in [0, 0.05) is 38.8 Å². The van der Waals surface area contributed by atoms with Crippen LogP contribution >= 0.6 is 24.0 Å². The highest BCUT2D eigenvalue weighted by molar-refractivity contribution is 14.0. The van der Waals surface area contributed by atoms with Crippen LogP contribution in [0.2, 0.25) is 0 Å². The zero-order valence-electron chi connectivity index (χ0n) is 15.7. The van der Waals surface area contributed by atoms with E-state index in [1.54, 1.807) is 6.92 Å². The molecule has 0 saturated heterocycles. The van der Waals surface area contributed by atoms with Crippen molar-refractivity contribution in [3.05, 3.63) is 42.0 Å². The minimum atomic E-state index is 0. The normalized spacial score (nSPS) is 11.0. The fourth-order valence-corrected chi connectivity index (χ4v) is 2.48. The van der Waals surface area contributed by atoms with Gasteiger partial charge in [0.15, 0.2) is 11.8 Å². The number of anilines is 1. The number of hydrogen-bond donors (Lipinski definition) is 2. The van der Waals surface area contributed by atoms with Crippen molar-refractivity contribution in [2.45, 2.75) is 33.7 Å². The Bertz CT molecular complexity index is 646. The summed E-state index contributed by atoms with van der Waals surface area (Å²) in [5.41, 5.74) is 1.26. The second-order valence-corrected chi connectivity index (χ2v) is 5.62. The number of nitrogens with zero attached hydrogens (tertiary/aromatic N) is 4. The SMILES string of the molecule is CCNC(=NCc1noc(C)n1)NCCCN(CC)c1ccccc1.I. The molecule has 0 amide bonds. The third kappa shape index (κ3) is 7.59. The number of aromatic nitrogens is 2. The lowest BCUT2D eigenvalue weighted by Gasteiger charge is -2.23. The first kappa shape index (κ1) is 22.2. The van der Waals surface area contributed by atoms with E-state index in [1.165, 1.54) is 5.69 Å². The summed E-state index contributed by atoms with van der Waals surface area (Å²) in [7, 11) is 0. The van der Waals surface area contributed by atoms with Crippen molar-refractivity contribution in [2.24, 2.45) is 4.99 Å². The molecule has 0 saturated carbocycles. The first-order chi connectivity index (χ1) is 12.2. The summed E-state index contributed by atoms with van der Waals surface area (Å²) < 4.78 is 4.96. The van der Waals surface area contributed by atoms with Gasteiger partial charge in [-0.05, 0) is 32.4 Å². The number of halogens is 1. The predicted octanol–water partition coefficient (Wildman–Crippen LogP) is 2.97. The molecule has 0 aliphatic heterocycles. The second-order valence-electron chi connectivity index (χ2n) is 5.62. The lowest BCUT2D eigenvalue weighted by Crippen LogP contribution is -2.38. The van der Waals surface area contributed by atoms with Gasteiger partial charge < -0.3 is 20.1 Å². The summed E-state index contributed by atoms with van der Waals surface area (Å²) in [4.78, 5) is 11.0. The van der Waals surface area contributed by atoms with Crippen molar-refractivity contribution in [1.29, 1.82) is 0 Å². The minimum absolute atomic E-state index is 0. The third-order valence-corrected chi connectivity index (χ3v) is 3.69. The fourth-order valence-electron chi connectivity index (χ4n) is 2.48. The first-order valence-electron chi connectivity index (χ1n) is 8.84. The lowest BCUT2D eigenvalue weighted by molar-refractivity contribution is 0.387. The first-order valence-corrected chi connectivity index (χ1v) is 8.84. The Kier molecular flexibility index (Phi) is 10.7. The quantitative estimate of drug-likeness (QED) is 0.253. The number of aliphatic imine (C=N–C) groups is 1. The van der Waals surface area contributed by atoms with Crippen molar-refractivity contribution in [3.8, 4) is 0 Å². The second kappa shape index (κ2) is 12.5. The maximum atomic E-state index is 4.96. The lowest BCUT2D eigenvalue weighted by atomic mass is 10.2. The molecule has 0 aliphatic carbocycles. The van der Waals surface area contributed by atoms with Crippen molar-refractivity contribution in [3.63, 3.8) is 0 Å². The molecular formula is C18H29IN6O.